The predicted molar refractivity (Wildman–Crippen MR) is 62.0 cm³/mol. The molecule has 0 aliphatic rings. The fraction of sp³-hybridized carbons (Fsp3) is 0.273. The summed E-state index contributed by atoms with van der Waals surface area (Å²) >= 11 is 0. The molecule has 0 aliphatic heterocycles. The Bertz CT molecular complexity index is 476. The first-order valence-electron chi connectivity index (χ1n) is 4.90. The molecular weight excluding hydrogens is 190 g/mol. The van der Waals surface area contributed by atoms with Gasteiger partial charge in [-0.1, -0.05) is 0 Å². The molecule has 4 nitrogen and oxygen atoms in total. The minimum absolute atomic E-state index is 0.615. The molecule has 15 heavy (non-hydrogen) atoms. The number of H-pyrrole nitrogens is 1. The van der Waals surface area contributed by atoms with Crippen LogP contribution in [-0.4, -0.2) is 18.6 Å². The number of fused-ring (bicyclic) bond motifs is 1. The smallest absolute Gasteiger partial charge is 0.143 e. The number of rotatable bonds is 3. The summed E-state index contributed by atoms with van der Waals surface area (Å²) < 4.78 is 5.26. The lowest BCUT2D eigenvalue weighted by Crippen LogP contribution is -2.02. The summed E-state index contributed by atoms with van der Waals surface area (Å²) in [6.45, 7) is 0.615. The number of aromatic nitrogens is 1. The highest BCUT2D eigenvalue weighted by Crippen LogP contribution is 2.31. The van der Waals surface area contributed by atoms with Crippen molar-refractivity contribution in [1.82, 2.24) is 4.98 Å². The lowest BCUT2D eigenvalue weighted by Gasteiger charge is -2.05. The van der Waals surface area contributed by atoms with Crippen LogP contribution in [0.2, 0.25) is 0 Å². The van der Waals surface area contributed by atoms with Crippen molar-refractivity contribution in [2.75, 3.05) is 19.4 Å². The fourth-order valence-electron chi connectivity index (χ4n) is 1.84. The standard InChI is InChI=1S/C11H15N3O/c1-15-9-3-2-8(13)10-7(4-5-12)6-14-11(9)10/h2-3,6,14H,4-5,12-13H2,1H3. The molecule has 0 bridgehead atoms. The second kappa shape index (κ2) is 3.82. The topological polar surface area (TPSA) is 77.1 Å². The molecule has 2 rings (SSSR count). The number of hydrogen-bond acceptors (Lipinski definition) is 3. The van der Waals surface area contributed by atoms with E-state index in [0.717, 1.165) is 34.3 Å². The van der Waals surface area contributed by atoms with E-state index in [4.69, 9.17) is 16.2 Å². The molecule has 0 atom stereocenters. The molecule has 1 aromatic heterocycles. The molecule has 1 aromatic carbocycles. The van der Waals surface area contributed by atoms with Crippen LogP contribution in [0.5, 0.6) is 5.75 Å². The van der Waals surface area contributed by atoms with Crippen LogP contribution < -0.4 is 16.2 Å². The fourth-order valence-corrected chi connectivity index (χ4v) is 1.84. The van der Waals surface area contributed by atoms with Crippen LogP contribution in [0.4, 0.5) is 5.69 Å². The number of nitrogens with one attached hydrogen (secondary N) is 1. The zero-order chi connectivity index (χ0) is 10.8. The van der Waals surface area contributed by atoms with E-state index in [2.05, 4.69) is 4.98 Å². The van der Waals surface area contributed by atoms with Gasteiger partial charge in [-0.25, -0.2) is 0 Å². The number of nitrogens with two attached hydrogens (primary N) is 2. The Labute approximate surface area is 88.2 Å². The van der Waals surface area contributed by atoms with E-state index < -0.39 is 0 Å². The molecule has 0 saturated heterocycles. The molecule has 0 spiro atoms. The molecule has 80 valence electrons. The molecule has 0 unspecified atom stereocenters. The number of hydrogen-bond donors (Lipinski definition) is 3. The first-order chi connectivity index (χ1) is 7.27. The van der Waals surface area contributed by atoms with Gasteiger partial charge in [-0.3, -0.25) is 0 Å². The Hall–Kier alpha value is -1.68. The first kappa shape index (κ1) is 9.86. The predicted octanol–water partition coefficient (Wildman–Crippen LogP) is 1.26. The number of ether oxygens (including phenoxy) is 1. The van der Waals surface area contributed by atoms with Crippen molar-refractivity contribution in [3.05, 3.63) is 23.9 Å². The van der Waals surface area contributed by atoms with Gasteiger partial charge in [-0.05, 0) is 30.7 Å². The average molecular weight is 205 g/mol. The van der Waals surface area contributed by atoms with E-state index >= 15 is 0 Å². The van der Waals surface area contributed by atoms with E-state index in [1.165, 1.54) is 0 Å². The molecule has 4 heteroatoms. The lowest BCUT2D eigenvalue weighted by molar-refractivity contribution is 0.419. The molecule has 1 heterocycles. The number of methoxy groups -OCH3 is 1. The second-order valence-electron chi connectivity index (χ2n) is 3.46. The maximum absolute atomic E-state index is 5.94. The van der Waals surface area contributed by atoms with E-state index in [9.17, 15) is 0 Å². The molecular formula is C11H15N3O. The number of benzene rings is 1. The third kappa shape index (κ3) is 1.53. The highest BCUT2D eigenvalue weighted by atomic mass is 16.5. The zero-order valence-electron chi connectivity index (χ0n) is 8.71. The van der Waals surface area contributed by atoms with Crippen molar-refractivity contribution in [3.63, 3.8) is 0 Å². The lowest BCUT2D eigenvalue weighted by atomic mass is 10.1. The average Bonchev–Trinajstić information content (AvgIpc) is 2.64. The Morgan fingerprint density at radius 3 is 2.87 bits per heavy atom. The van der Waals surface area contributed by atoms with E-state index in [1.807, 2.05) is 18.3 Å². The van der Waals surface area contributed by atoms with Crippen molar-refractivity contribution >= 4 is 16.6 Å². The Balaban J connectivity index is 2.67. The van der Waals surface area contributed by atoms with Gasteiger partial charge in [0.2, 0.25) is 0 Å². The molecule has 0 aliphatic carbocycles. The van der Waals surface area contributed by atoms with Crippen LogP contribution in [0, 0.1) is 0 Å². The van der Waals surface area contributed by atoms with E-state index in [0.29, 0.717) is 6.54 Å². The van der Waals surface area contributed by atoms with Crippen LogP contribution in [-0.2, 0) is 6.42 Å². The summed E-state index contributed by atoms with van der Waals surface area (Å²) in [5, 5.41) is 1.03. The summed E-state index contributed by atoms with van der Waals surface area (Å²) in [6, 6.07) is 3.72. The monoisotopic (exact) mass is 205 g/mol. The van der Waals surface area contributed by atoms with Crippen molar-refractivity contribution in [3.8, 4) is 5.75 Å². The summed E-state index contributed by atoms with van der Waals surface area (Å²) in [5.74, 6) is 0.808. The number of anilines is 1. The third-order valence-corrected chi connectivity index (χ3v) is 2.54. The van der Waals surface area contributed by atoms with Crippen LogP contribution >= 0.6 is 0 Å². The minimum atomic E-state index is 0.615. The third-order valence-electron chi connectivity index (χ3n) is 2.54. The zero-order valence-corrected chi connectivity index (χ0v) is 8.71. The van der Waals surface area contributed by atoms with Gasteiger partial charge in [0.1, 0.15) is 5.75 Å². The van der Waals surface area contributed by atoms with Gasteiger partial charge >= 0.3 is 0 Å². The van der Waals surface area contributed by atoms with Gasteiger partial charge in [0, 0.05) is 17.3 Å². The SMILES string of the molecule is COc1ccc(N)c2c(CCN)c[nH]c12. The normalized spacial score (nSPS) is 10.8. The van der Waals surface area contributed by atoms with Crippen molar-refractivity contribution < 1.29 is 4.74 Å². The quantitative estimate of drug-likeness (QED) is 0.660. The maximum Gasteiger partial charge on any atom is 0.143 e. The summed E-state index contributed by atoms with van der Waals surface area (Å²) in [6.07, 6.45) is 2.76. The minimum Gasteiger partial charge on any atom is -0.495 e. The highest BCUT2D eigenvalue weighted by molar-refractivity contribution is 5.97. The Morgan fingerprint density at radius 1 is 1.40 bits per heavy atom. The van der Waals surface area contributed by atoms with E-state index in [-0.39, 0.29) is 0 Å². The molecule has 0 saturated carbocycles. The summed E-state index contributed by atoms with van der Waals surface area (Å²) in [7, 11) is 1.65. The second-order valence-corrected chi connectivity index (χ2v) is 3.46. The molecule has 5 N–H and O–H groups in total. The van der Waals surface area contributed by atoms with Gasteiger partial charge in [-0.2, -0.15) is 0 Å². The highest BCUT2D eigenvalue weighted by Gasteiger charge is 2.10. The molecule has 0 fully saturated rings. The van der Waals surface area contributed by atoms with Crippen LogP contribution in [0.1, 0.15) is 5.56 Å². The largest absolute Gasteiger partial charge is 0.495 e. The van der Waals surface area contributed by atoms with Crippen LogP contribution in [0.25, 0.3) is 10.9 Å². The Kier molecular flexibility index (Phi) is 2.51. The molecule has 0 radical (unpaired) electrons. The van der Waals surface area contributed by atoms with Crippen molar-refractivity contribution in [2.45, 2.75) is 6.42 Å². The van der Waals surface area contributed by atoms with Gasteiger partial charge < -0.3 is 21.2 Å². The van der Waals surface area contributed by atoms with Gasteiger partial charge in [-0.15, -0.1) is 0 Å². The van der Waals surface area contributed by atoms with Gasteiger partial charge in [0.15, 0.2) is 0 Å². The van der Waals surface area contributed by atoms with Crippen LogP contribution in [0.15, 0.2) is 18.3 Å². The van der Waals surface area contributed by atoms with Crippen LogP contribution in [0.3, 0.4) is 0 Å². The van der Waals surface area contributed by atoms with Gasteiger partial charge in [0.25, 0.3) is 0 Å². The molecule has 0 amide bonds. The van der Waals surface area contributed by atoms with Crippen molar-refractivity contribution in [2.24, 2.45) is 5.73 Å². The number of aromatic amines is 1. The molecule has 2 aromatic rings. The van der Waals surface area contributed by atoms with E-state index in [1.54, 1.807) is 7.11 Å². The van der Waals surface area contributed by atoms with Gasteiger partial charge in [0.05, 0.1) is 12.6 Å². The summed E-state index contributed by atoms with van der Waals surface area (Å²) in [4.78, 5) is 3.17. The first-order valence-corrected chi connectivity index (χ1v) is 4.90. The summed E-state index contributed by atoms with van der Waals surface area (Å²) in [5.41, 5.74) is 14.3. The number of nitrogen functional groups attached to an aromatic ring is 1. The van der Waals surface area contributed by atoms with Crippen molar-refractivity contribution in [1.29, 1.82) is 0 Å². The maximum atomic E-state index is 5.94. The Morgan fingerprint density at radius 2 is 2.20 bits per heavy atom.